The molecule has 3 unspecified atom stereocenters. The number of likely N-dealkylation sites (N-methyl/N-ethyl adjacent to an activating group) is 1. The van der Waals surface area contributed by atoms with E-state index >= 15 is 0 Å². The van der Waals surface area contributed by atoms with Gasteiger partial charge in [-0.05, 0) is 39.3 Å². The lowest BCUT2D eigenvalue weighted by Crippen LogP contribution is -2.60. The predicted octanol–water partition coefficient (Wildman–Crippen LogP) is 0.906. The molecule has 0 aromatic heterocycles. The summed E-state index contributed by atoms with van der Waals surface area (Å²) in [5, 5.41) is 12.7. The first-order valence-corrected chi connectivity index (χ1v) is 8.07. The molecule has 19 heavy (non-hydrogen) atoms. The van der Waals surface area contributed by atoms with Gasteiger partial charge in [0.15, 0.2) is 0 Å². The highest BCUT2D eigenvalue weighted by molar-refractivity contribution is 4.90. The fraction of sp³-hybridized carbons (Fsp3) is 1.00. The molecule has 0 aliphatic carbocycles. The van der Waals surface area contributed by atoms with Crippen LogP contribution in [0.3, 0.4) is 0 Å². The number of piperidine rings is 1. The summed E-state index contributed by atoms with van der Waals surface area (Å²) >= 11 is 0. The second-order valence-electron chi connectivity index (χ2n) is 6.21. The minimum Gasteiger partial charge on any atom is -0.396 e. The number of nitrogens with zero attached hydrogens (tertiary/aromatic N) is 2. The van der Waals surface area contributed by atoms with Crippen molar-refractivity contribution in [3.8, 4) is 0 Å². The van der Waals surface area contributed by atoms with E-state index in [0.717, 1.165) is 25.6 Å². The predicted molar refractivity (Wildman–Crippen MR) is 79.4 cm³/mol. The Labute approximate surface area is 118 Å². The van der Waals surface area contributed by atoms with Gasteiger partial charge < -0.3 is 10.4 Å². The highest BCUT2D eigenvalue weighted by atomic mass is 16.3. The average molecular weight is 269 g/mol. The molecule has 0 saturated carbocycles. The summed E-state index contributed by atoms with van der Waals surface area (Å²) < 4.78 is 0. The topological polar surface area (TPSA) is 38.7 Å². The minimum atomic E-state index is 0.287. The number of aliphatic hydroxyl groups excluding tert-OH is 1. The fourth-order valence-electron chi connectivity index (χ4n) is 3.65. The van der Waals surface area contributed by atoms with Crippen molar-refractivity contribution in [2.24, 2.45) is 0 Å². The molecule has 2 fully saturated rings. The number of hydrogen-bond donors (Lipinski definition) is 2. The third-order valence-electron chi connectivity index (χ3n) is 4.74. The standard InChI is InChI=1S/C15H31N3O/c1-3-16-14(7-9-19)11-18-12-15-6-4-5-8-17(15)10-13(18)2/h13-16,19H,3-12H2,1-2H3. The van der Waals surface area contributed by atoms with Crippen molar-refractivity contribution in [2.45, 2.75) is 57.7 Å². The van der Waals surface area contributed by atoms with E-state index in [1.54, 1.807) is 0 Å². The number of rotatable bonds is 6. The van der Waals surface area contributed by atoms with Gasteiger partial charge in [-0.1, -0.05) is 13.3 Å². The maximum Gasteiger partial charge on any atom is 0.0446 e. The maximum absolute atomic E-state index is 9.18. The zero-order valence-electron chi connectivity index (χ0n) is 12.6. The molecule has 2 N–H and O–H groups in total. The minimum absolute atomic E-state index is 0.287. The summed E-state index contributed by atoms with van der Waals surface area (Å²) in [4.78, 5) is 5.33. The van der Waals surface area contributed by atoms with Crippen LogP contribution in [0, 0.1) is 0 Å². The van der Waals surface area contributed by atoms with E-state index in [2.05, 4.69) is 29.0 Å². The molecule has 3 atom stereocenters. The van der Waals surface area contributed by atoms with Gasteiger partial charge >= 0.3 is 0 Å². The van der Waals surface area contributed by atoms with Gasteiger partial charge in [0.1, 0.15) is 0 Å². The van der Waals surface area contributed by atoms with Crippen molar-refractivity contribution < 1.29 is 5.11 Å². The van der Waals surface area contributed by atoms with Crippen molar-refractivity contribution in [3.05, 3.63) is 0 Å². The highest BCUT2D eigenvalue weighted by Crippen LogP contribution is 2.24. The van der Waals surface area contributed by atoms with E-state index < -0.39 is 0 Å². The van der Waals surface area contributed by atoms with Crippen molar-refractivity contribution in [1.82, 2.24) is 15.1 Å². The van der Waals surface area contributed by atoms with Crippen LogP contribution in [0.25, 0.3) is 0 Å². The highest BCUT2D eigenvalue weighted by Gasteiger charge is 2.33. The Bertz CT molecular complexity index is 256. The molecule has 2 heterocycles. The Kier molecular flexibility index (Phi) is 6.07. The van der Waals surface area contributed by atoms with Crippen LogP contribution in [0.15, 0.2) is 0 Å². The van der Waals surface area contributed by atoms with E-state index in [1.807, 2.05) is 0 Å². The number of nitrogens with one attached hydrogen (secondary N) is 1. The van der Waals surface area contributed by atoms with E-state index in [0.29, 0.717) is 12.1 Å². The molecule has 2 saturated heterocycles. The van der Waals surface area contributed by atoms with E-state index in [9.17, 15) is 5.11 Å². The fourth-order valence-corrected chi connectivity index (χ4v) is 3.65. The van der Waals surface area contributed by atoms with Crippen LogP contribution >= 0.6 is 0 Å². The largest absolute Gasteiger partial charge is 0.396 e. The zero-order valence-corrected chi connectivity index (χ0v) is 12.6. The van der Waals surface area contributed by atoms with Crippen molar-refractivity contribution in [1.29, 1.82) is 0 Å². The van der Waals surface area contributed by atoms with Crippen molar-refractivity contribution in [3.63, 3.8) is 0 Å². The maximum atomic E-state index is 9.18. The molecule has 0 aromatic rings. The lowest BCUT2D eigenvalue weighted by molar-refractivity contribution is 0.00964. The Morgan fingerprint density at radius 1 is 1.32 bits per heavy atom. The van der Waals surface area contributed by atoms with E-state index in [1.165, 1.54) is 38.9 Å². The first-order chi connectivity index (χ1) is 9.24. The first-order valence-electron chi connectivity index (χ1n) is 8.07. The third-order valence-corrected chi connectivity index (χ3v) is 4.74. The van der Waals surface area contributed by atoms with Gasteiger partial charge in [0.05, 0.1) is 0 Å². The van der Waals surface area contributed by atoms with Gasteiger partial charge in [-0.25, -0.2) is 0 Å². The Balaban J connectivity index is 1.87. The van der Waals surface area contributed by atoms with Crippen LogP contribution in [0.5, 0.6) is 0 Å². The SMILES string of the molecule is CCNC(CCO)CN1CC2CCCCN2CC1C. The Morgan fingerprint density at radius 3 is 2.89 bits per heavy atom. The van der Waals surface area contributed by atoms with Crippen LogP contribution in [-0.4, -0.2) is 72.4 Å². The summed E-state index contributed by atoms with van der Waals surface area (Å²) in [6, 6.07) is 1.86. The van der Waals surface area contributed by atoms with Gasteiger partial charge in [0.2, 0.25) is 0 Å². The second kappa shape index (κ2) is 7.58. The smallest absolute Gasteiger partial charge is 0.0446 e. The molecule has 0 bridgehead atoms. The molecule has 2 aliphatic heterocycles. The van der Waals surface area contributed by atoms with Crippen LogP contribution in [0.4, 0.5) is 0 Å². The third kappa shape index (κ3) is 4.15. The summed E-state index contributed by atoms with van der Waals surface area (Å²) in [5.74, 6) is 0. The first kappa shape index (κ1) is 15.2. The molecule has 0 amide bonds. The van der Waals surface area contributed by atoms with Crippen LogP contribution in [0.2, 0.25) is 0 Å². The molecule has 4 nitrogen and oxygen atoms in total. The van der Waals surface area contributed by atoms with Crippen LogP contribution in [0.1, 0.15) is 39.5 Å². The Morgan fingerprint density at radius 2 is 2.16 bits per heavy atom. The van der Waals surface area contributed by atoms with Gasteiger partial charge in [0.25, 0.3) is 0 Å². The van der Waals surface area contributed by atoms with Gasteiger partial charge in [-0.3, -0.25) is 9.80 Å². The summed E-state index contributed by atoms with van der Waals surface area (Å²) in [6.07, 6.45) is 5.02. The molecule has 112 valence electrons. The lowest BCUT2D eigenvalue weighted by Gasteiger charge is -2.48. The van der Waals surface area contributed by atoms with Crippen LogP contribution < -0.4 is 5.32 Å². The normalized spacial score (nSPS) is 31.1. The van der Waals surface area contributed by atoms with Crippen molar-refractivity contribution in [2.75, 3.05) is 39.3 Å². The second-order valence-corrected chi connectivity index (χ2v) is 6.21. The molecular weight excluding hydrogens is 238 g/mol. The number of piperazine rings is 1. The summed E-state index contributed by atoms with van der Waals surface area (Å²) in [6.45, 7) is 10.6. The quantitative estimate of drug-likeness (QED) is 0.752. The summed E-state index contributed by atoms with van der Waals surface area (Å²) in [7, 11) is 0. The van der Waals surface area contributed by atoms with E-state index in [4.69, 9.17) is 0 Å². The average Bonchev–Trinajstić information content (AvgIpc) is 2.40. The molecule has 2 rings (SSSR count). The van der Waals surface area contributed by atoms with Crippen molar-refractivity contribution >= 4 is 0 Å². The molecular formula is C15H31N3O. The van der Waals surface area contributed by atoms with Crippen LogP contribution in [-0.2, 0) is 0 Å². The molecule has 2 aliphatic rings. The van der Waals surface area contributed by atoms with Gasteiger partial charge in [-0.15, -0.1) is 0 Å². The monoisotopic (exact) mass is 269 g/mol. The zero-order chi connectivity index (χ0) is 13.7. The Hall–Kier alpha value is -0.160. The van der Waals surface area contributed by atoms with E-state index in [-0.39, 0.29) is 6.61 Å². The lowest BCUT2D eigenvalue weighted by atomic mass is 9.96. The molecule has 4 heteroatoms. The number of fused-ring (bicyclic) bond motifs is 1. The molecule has 0 radical (unpaired) electrons. The summed E-state index contributed by atoms with van der Waals surface area (Å²) in [5.41, 5.74) is 0. The molecule has 0 spiro atoms. The molecule has 0 aromatic carbocycles. The number of hydrogen-bond acceptors (Lipinski definition) is 4. The number of aliphatic hydroxyl groups is 1. The van der Waals surface area contributed by atoms with Gasteiger partial charge in [0, 0.05) is 44.4 Å². The van der Waals surface area contributed by atoms with Gasteiger partial charge in [-0.2, -0.15) is 0 Å².